The number of hydrogen-bond donors (Lipinski definition) is 1. The SMILES string of the molecule is CC(C)(C)C1CCc2c(sc(N=Cc3ccc(N4CCOCC4)o3)c2C(=O)Nc2ccccc2)C1. The van der Waals surface area contributed by atoms with Gasteiger partial charge in [0.25, 0.3) is 5.91 Å². The fraction of sp³-hybridized carbons (Fsp3) is 0.429. The van der Waals surface area contributed by atoms with Crippen LogP contribution in [0.25, 0.3) is 0 Å². The highest BCUT2D eigenvalue weighted by atomic mass is 32.1. The van der Waals surface area contributed by atoms with Crippen molar-refractivity contribution >= 4 is 40.0 Å². The van der Waals surface area contributed by atoms with Crippen LogP contribution in [0.2, 0.25) is 0 Å². The Morgan fingerprint density at radius 1 is 1.14 bits per heavy atom. The van der Waals surface area contributed by atoms with E-state index in [1.807, 2.05) is 42.5 Å². The summed E-state index contributed by atoms with van der Waals surface area (Å²) in [5, 5.41) is 3.83. The molecule has 184 valence electrons. The van der Waals surface area contributed by atoms with Gasteiger partial charge in [0.05, 0.1) is 25.0 Å². The minimum absolute atomic E-state index is 0.0940. The molecule has 1 fully saturated rings. The smallest absolute Gasteiger partial charge is 0.259 e. The molecule has 0 radical (unpaired) electrons. The molecule has 35 heavy (non-hydrogen) atoms. The lowest BCUT2D eigenvalue weighted by molar-refractivity contribution is 0.102. The van der Waals surface area contributed by atoms with E-state index in [4.69, 9.17) is 14.1 Å². The first-order chi connectivity index (χ1) is 16.9. The zero-order valence-electron chi connectivity index (χ0n) is 20.7. The summed E-state index contributed by atoms with van der Waals surface area (Å²) in [7, 11) is 0. The highest BCUT2D eigenvalue weighted by molar-refractivity contribution is 7.16. The highest BCUT2D eigenvalue weighted by Gasteiger charge is 2.33. The second-order valence-electron chi connectivity index (χ2n) is 10.3. The molecule has 1 aliphatic heterocycles. The molecule has 2 aliphatic rings. The first-order valence-corrected chi connectivity index (χ1v) is 13.2. The number of carbonyl (C=O) groups excluding carboxylic acids is 1. The van der Waals surface area contributed by atoms with Gasteiger partial charge in [-0.15, -0.1) is 11.3 Å². The van der Waals surface area contributed by atoms with Gasteiger partial charge < -0.3 is 19.4 Å². The first-order valence-electron chi connectivity index (χ1n) is 12.4. The summed E-state index contributed by atoms with van der Waals surface area (Å²) >= 11 is 1.65. The predicted molar refractivity (Wildman–Crippen MR) is 143 cm³/mol. The Labute approximate surface area is 211 Å². The number of ether oxygens (including phenoxy) is 1. The van der Waals surface area contributed by atoms with Gasteiger partial charge in [0.1, 0.15) is 10.8 Å². The summed E-state index contributed by atoms with van der Waals surface area (Å²) < 4.78 is 11.5. The van der Waals surface area contributed by atoms with Gasteiger partial charge in [0, 0.05) is 29.7 Å². The van der Waals surface area contributed by atoms with Gasteiger partial charge >= 0.3 is 0 Å². The maximum absolute atomic E-state index is 13.4. The Kier molecular flexibility index (Phi) is 6.80. The van der Waals surface area contributed by atoms with Crippen molar-refractivity contribution in [1.29, 1.82) is 0 Å². The third-order valence-corrected chi connectivity index (χ3v) is 8.14. The molecule has 2 aromatic heterocycles. The number of morpholine rings is 1. The lowest BCUT2D eigenvalue weighted by Gasteiger charge is -2.33. The Hall–Kier alpha value is -2.90. The molecule has 3 heterocycles. The number of furan rings is 1. The van der Waals surface area contributed by atoms with Crippen LogP contribution in [0.4, 0.5) is 16.6 Å². The predicted octanol–water partition coefficient (Wildman–Crippen LogP) is 6.33. The van der Waals surface area contributed by atoms with Gasteiger partial charge in [-0.25, -0.2) is 4.99 Å². The molecule has 5 rings (SSSR count). The van der Waals surface area contributed by atoms with E-state index in [9.17, 15) is 4.79 Å². The number of nitrogens with zero attached hydrogens (tertiary/aromatic N) is 2. The zero-order chi connectivity index (χ0) is 24.4. The molecule has 0 bridgehead atoms. The minimum Gasteiger partial charge on any atom is -0.440 e. The van der Waals surface area contributed by atoms with Crippen molar-refractivity contribution < 1.29 is 13.9 Å². The van der Waals surface area contributed by atoms with E-state index in [0.29, 0.717) is 30.5 Å². The fourth-order valence-corrected chi connectivity index (χ4v) is 6.11. The lowest BCUT2D eigenvalue weighted by atomic mass is 9.72. The molecule has 1 aliphatic carbocycles. The number of nitrogens with one attached hydrogen (secondary N) is 1. The number of para-hydroxylation sites is 1. The first kappa shape index (κ1) is 23.8. The van der Waals surface area contributed by atoms with Crippen LogP contribution in [0.3, 0.4) is 0 Å². The summed E-state index contributed by atoms with van der Waals surface area (Å²) in [6.45, 7) is 9.98. The molecular formula is C28H33N3O3S. The molecule has 3 aromatic rings. The molecular weight excluding hydrogens is 458 g/mol. The molecule has 1 aromatic carbocycles. The van der Waals surface area contributed by atoms with E-state index < -0.39 is 0 Å². The quantitative estimate of drug-likeness (QED) is 0.424. The van der Waals surface area contributed by atoms with Crippen LogP contribution >= 0.6 is 11.3 Å². The average Bonchev–Trinajstić information content (AvgIpc) is 3.47. The van der Waals surface area contributed by atoms with Gasteiger partial charge in [-0.3, -0.25) is 4.79 Å². The molecule has 1 unspecified atom stereocenters. The van der Waals surface area contributed by atoms with E-state index in [2.05, 4.69) is 31.0 Å². The van der Waals surface area contributed by atoms with E-state index in [0.717, 1.165) is 54.5 Å². The monoisotopic (exact) mass is 491 g/mol. The Morgan fingerprint density at radius 3 is 2.66 bits per heavy atom. The van der Waals surface area contributed by atoms with Crippen molar-refractivity contribution in [2.45, 2.75) is 40.0 Å². The number of benzene rings is 1. The van der Waals surface area contributed by atoms with E-state index in [-0.39, 0.29) is 11.3 Å². The van der Waals surface area contributed by atoms with Crippen molar-refractivity contribution in [1.82, 2.24) is 0 Å². The fourth-order valence-electron chi connectivity index (χ4n) is 4.84. The van der Waals surface area contributed by atoms with Gasteiger partial charge in [0.15, 0.2) is 5.88 Å². The number of fused-ring (bicyclic) bond motifs is 1. The van der Waals surface area contributed by atoms with E-state index in [1.165, 1.54) is 4.88 Å². The molecule has 1 atom stereocenters. The van der Waals surface area contributed by atoms with Gasteiger partial charge in [0.2, 0.25) is 0 Å². The van der Waals surface area contributed by atoms with Crippen molar-refractivity contribution in [3.8, 4) is 0 Å². The van der Waals surface area contributed by atoms with Crippen LogP contribution in [0.1, 0.15) is 53.8 Å². The Morgan fingerprint density at radius 2 is 1.91 bits per heavy atom. The molecule has 1 N–H and O–H groups in total. The number of hydrogen-bond acceptors (Lipinski definition) is 6. The standard InChI is InChI=1S/C28H33N3O3S/c1-28(2,3)19-9-11-22-23(17-19)35-27(25(22)26(32)30-20-7-5-4-6-8-20)29-18-21-10-12-24(34-21)31-13-15-33-16-14-31/h4-8,10,12,18-19H,9,11,13-17H2,1-3H3,(H,30,32). The lowest BCUT2D eigenvalue weighted by Crippen LogP contribution is -2.35. The molecule has 0 spiro atoms. The largest absolute Gasteiger partial charge is 0.440 e. The van der Waals surface area contributed by atoms with Gasteiger partial charge in [-0.05, 0) is 54.4 Å². The van der Waals surface area contributed by atoms with E-state index in [1.54, 1.807) is 17.6 Å². The van der Waals surface area contributed by atoms with Crippen molar-refractivity contribution in [2.24, 2.45) is 16.3 Å². The second-order valence-corrected chi connectivity index (χ2v) is 11.4. The highest BCUT2D eigenvalue weighted by Crippen LogP contribution is 2.45. The number of carbonyl (C=O) groups is 1. The Balaban J connectivity index is 1.43. The van der Waals surface area contributed by atoms with Crippen LogP contribution < -0.4 is 10.2 Å². The Bertz CT molecular complexity index is 1200. The summed E-state index contributed by atoms with van der Waals surface area (Å²) in [4.78, 5) is 21.7. The topological polar surface area (TPSA) is 67.1 Å². The van der Waals surface area contributed by atoms with Crippen molar-refractivity contribution in [3.63, 3.8) is 0 Å². The van der Waals surface area contributed by atoms with Gasteiger partial charge in [-0.2, -0.15) is 0 Å². The summed E-state index contributed by atoms with van der Waals surface area (Å²) in [6, 6.07) is 13.5. The average molecular weight is 492 g/mol. The van der Waals surface area contributed by atoms with Crippen LogP contribution in [0.5, 0.6) is 0 Å². The van der Waals surface area contributed by atoms with Crippen molar-refractivity contribution in [2.75, 3.05) is 36.5 Å². The number of rotatable bonds is 5. The van der Waals surface area contributed by atoms with Crippen molar-refractivity contribution in [3.05, 3.63) is 64.2 Å². The van der Waals surface area contributed by atoms with Gasteiger partial charge in [-0.1, -0.05) is 39.0 Å². The van der Waals surface area contributed by atoms with Crippen LogP contribution in [0, 0.1) is 11.3 Å². The number of anilines is 2. The maximum Gasteiger partial charge on any atom is 0.259 e. The molecule has 1 saturated heterocycles. The third kappa shape index (κ3) is 5.36. The van der Waals surface area contributed by atoms with E-state index >= 15 is 0 Å². The third-order valence-electron chi connectivity index (χ3n) is 6.97. The summed E-state index contributed by atoms with van der Waals surface area (Å²) in [6.07, 6.45) is 4.72. The maximum atomic E-state index is 13.4. The minimum atomic E-state index is -0.0940. The summed E-state index contributed by atoms with van der Waals surface area (Å²) in [5.41, 5.74) is 2.89. The second kappa shape index (κ2) is 9.99. The summed E-state index contributed by atoms with van der Waals surface area (Å²) in [5.74, 6) is 2.01. The molecule has 1 amide bonds. The molecule has 0 saturated carbocycles. The molecule has 6 nitrogen and oxygen atoms in total. The molecule has 7 heteroatoms. The van der Waals surface area contributed by atoms with Crippen LogP contribution in [-0.2, 0) is 17.6 Å². The zero-order valence-corrected chi connectivity index (χ0v) is 21.5. The number of amides is 1. The van der Waals surface area contributed by atoms with Crippen LogP contribution in [-0.4, -0.2) is 38.4 Å². The normalized spacial score (nSPS) is 18.6. The van der Waals surface area contributed by atoms with Crippen LogP contribution in [0.15, 0.2) is 51.9 Å². The number of thiophene rings is 1. The number of aliphatic imine (C=N–C) groups is 1.